The van der Waals surface area contributed by atoms with Crippen LogP contribution in [0.5, 0.6) is 5.75 Å². The molecule has 1 aliphatic rings. The summed E-state index contributed by atoms with van der Waals surface area (Å²) in [5, 5.41) is 25.7. The normalized spacial score (nSPS) is 12.6. The lowest BCUT2D eigenvalue weighted by Gasteiger charge is -2.13. The van der Waals surface area contributed by atoms with E-state index in [1.807, 2.05) is 29.1 Å². The Kier molecular flexibility index (Phi) is 8.47. The molecule has 37 heavy (non-hydrogen) atoms. The quantitative estimate of drug-likeness (QED) is 0.212. The van der Waals surface area contributed by atoms with Crippen molar-refractivity contribution in [3.8, 4) is 23.1 Å². The van der Waals surface area contributed by atoms with E-state index in [1.54, 1.807) is 6.20 Å². The number of nitrogens with one attached hydrogen (secondary N) is 1. The standard InChI is InChI=1S/C28H31N5O.CH2O2/c1-20(2)31-23-9-7-22(8-10-23)28-26(18-29)25-12-11-24(17-27(25)33(28)19-21-5-6-21)34-16-4-15-32-14-3-13-30-32;2-1-3/h3,7-14,17,20-21,31H,4-6,15-16,19H2,1-2H3;1H,(H,2,3). The van der Waals surface area contributed by atoms with Crippen LogP contribution in [-0.4, -0.2) is 38.6 Å². The number of fused-ring (bicyclic) bond motifs is 1. The van der Waals surface area contributed by atoms with Crippen molar-refractivity contribution in [1.82, 2.24) is 14.3 Å². The van der Waals surface area contributed by atoms with Crippen molar-refractivity contribution in [3.05, 3.63) is 66.5 Å². The first kappa shape index (κ1) is 25.8. The average molecular weight is 500 g/mol. The molecule has 192 valence electrons. The van der Waals surface area contributed by atoms with Crippen LogP contribution in [0.1, 0.15) is 38.7 Å². The van der Waals surface area contributed by atoms with Gasteiger partial charge in [-0.05, 0) is 68.5 Å². The fraction of sp³-hybridized carbons (Fsp3) is 0.345. The Morgan fingerprint density at radius 2 is 2.00 bits per heavy atom. The number of carboxylic acid groups (broad SMARTS) is 1. The minimum absolute atomic E-state index is 0.250. The molecule has 1 fully saturated rings. The average Bonchev–Trinajstić information content (AvgIpc) is 3.45. The Labute approximate surface area is 217 Å². The monoisotopic (exact) mass is 499 g/mol. The SMILES string of the molecule is CC(C)Nc1ccc(-c2c(C#N)c3ccc(OCCCn4cccn4)cc3n2CC2CC2)cc1.O=CO. The molecular weight excluding hydrogens is 466 g/mol. The first-order valence-corrected chi connectivity index (χ1v) is 12.7. The second-order valence-corrected chi connectivity index (χ2v) is 9.52. The van der Waals surface area contributed by atoms with Gasteiger partial charge in [0.2, 0.25) is 0 Å². The molecule has 0 saturated heterocycles. The molecule has 0 aliphatic heterocycles. The van der Waals surface area contributed by atoms with E-state index in [0.717, 1.165) is 58.7 Å². The van der Waals surface area contributed by atoms with Crippen LogP contribution in [0.25, 0.3) is 22.2 Å². The van der Waals surface area contributed by atoms with Crippen molar-refractivity contribution < 1.29 is 14.6 Å². The fourth-order valence-electron chi connectivity index (χ4n) is 4.49. The maximum absolute atomic E-state index is 10.1. The highest BCUT2D eigenvalue weighted by atomic mass is 16.5. The fourth-order valence-corrected chi connectivity index (χ4v) is 4.49. The van der Waals surface area contributed by atoms with Crippen molar-refractivity contribution in [2.24, 2.45) is 5.92 Å². The Morgan fingerprint density at radius 1 is 1.24 bits per heavy atom. The summed E-state index contributed by atoms with van der Waals surface area (Å²) in [4.78, 5) is 8.36. The Morgan fingerprint density at radius 3 is 2.62 bits per heavy atom. The van der Waals surface area contributed by atoms with Crippen LogP contribution in [0.4, 0.5) is 5.69 Å². The highest BCUT2D eigenvalue weighted by Gasteiger charge is 2.26. The van der Waals surface area contributed by atoms with Gasteiger partial charge in [-0.3, -0.25) is 9.48 Å². The van der Waals surface area contributed by atoms with Crippen molar-refractivity contribution >= 4 is 23.1 Å². The minimum Gasteiger partial charge on any atom is -0.493 e. The number of hydrogen-bond donors (Lipinski definition) is 2. The predicted octanol–water partition coefficient (Wildman–Crippen LogP) is 5.78. The number of aryl methyl sites for hydroxylation is 1. The van der Waals surface area contributed by atoms with Gasteiger partial charge in [0.1, 0.15) is 11.8 Å². The molecule has 2 aromatic heterocycles. The zero-order valence-electron chi connectivity index (χ0n) is 21.3. The molecule has 8 nitrogen and oxygen atoms in total. The van der Waals surface area contributed by atoms with Gasteiger partial charge in [-0.15, -0.1) is 0 Å². The van der Waals surface area contributed by atoms with Crippen molar-refractivity contribution in [1.29, 1.82) is 5.26 Å². The van der Waals surface area contributed by atoms with Gasteiger partial charge in [-0.25, -0.2) is 0 Å². The highest BCUT2D eigenvalue weighted by molar-refractivity contribution is 5.95. The zero-order chi connectivity index (χ0) is 26.2. The first-order valence-electron chi connectivity index (χ1n) is 12.7. The summed E-state index contributed by atoms with van der Waals surface area (Å²) >= 11 is 0. The maximum atomic E-state index is 10.1. The Balaban J connectivity index is 0.00000102. The Bertz CT molecular complexity index is 1350. The van der Waals surface area contributed by atoms with E-state index in [1.165, 1.54) is 12.8 Å². The lowest BCUT2D eigenvalue weighted by Crippen LogP contribution is -2.09. The second-order valence-electron chi connectivity index (χ2n) is 9.52. The number of aromatic nitrogens is 3. The van der Waals surface area contributed by atoms with Crippen LogP contribution in [0.15, 0.2) is 60.9 Å². The summed E-state index contributed by atoms with van der Waals surface area (Å²) in [5.74, 6) is 1.52. The third-order valence-corrected chi connectivity index (χ3v) is 6.26. The molecule has 2 aromatic carbocycles. The van der Waals surface area contributed by atoms with Crippen LogP contribution in [0.3, 0.4) is 0 Å². The third kappa shape index (κ3) is 6.50. The van der Waals surface area contributed by atoms with Crippen LogP contribution in [0, 0.1) is 17.2 Å². The van der Waals surface area contributed by atoms with Gasteiger partial charge in [-0.1, -0.05) is 12.1 Å². The summed E-state index contributed by atoms with van der Waals surface area (Å²) in [5.41, 5.74) is 4.99. The topological polar surface area (TPSA) is 105 Å². The van der Waals surface area contributed by atoms with Crippen LogP contribution < -0.4 is 10.1 Å². The minimum atomic E-state index is -0.250. The van der Waals surface area contributed by atoms with E-state index in [4.69, 9.17) is 14.6 Å². The van der Waals surface area contributed by atoms with Gasteiger partial charge in [0, 0.05) is 55.1 Å². The van der Waals surface area contributed by atoms with E-state index in [9.17, 15) is 5.26 Å². The molecule has 1 saturated carbocycles. The summed E-state index contributed by atoms with van der Waals surface area (Å²) < 4.78 is 10.3. The summed E-state index contributed by atoms with van der Waals surface area (Å²) in [6, 6.07) is 19.4. The molecule has 0 bridgehead atoms. The number of hydrogen-bond acceptors (Lipinski definition) is 5. The van der Waals surface area contributed by atoms with Crippen molar-refractivity contribution in [2.45, 2.75) is 52.2 Å². The molecule has 2 heterocycles. The van der Waals surface area contributed by atoms with Gasteiger partial charge >= 0.3 is 0 Å². The van der Waals surface area contributed by atoms with Gasteiger partial charge in [0.05, 0.1) is 23.4 Å². The molecule has 0 atom stereocenters. The van der Waals surface area contributed by atoms with E-state index in [-0.39, 0.29) is 6.47 Å². The molecule has 0 spiro atoms. The number of rotatable bonds is 10. The van der Waals surface area contributed by atoms with Crippen LogP contribution in [-0.2, 0) is 17.9 Å². The van der Waals surface area contributed by atoms with E-state index in [2.05, 4.69) is 65.2 Å². The first-order chi connectivity index (χ1) is 18.0. The van der Waals surface area contributed by atoms with Gasteiger partial charge in [0.15, 0.2) is 0 Å². The molecule has 8 heteroatoms. The molecule has 2 N–H and O–H groups in total. The smallest absolute Gasteiger partial charge is 0.290 e. The number of nitrogens with zero attached hydrogens (tertiary/aromatic N) is 4. The lowest BCUT2D eigenvalue weighted by molar-refractivity contribution is -0.122. The van der Waals surface area contributed by atoms with Gasteiger partial charge < -0.3 is 19.7 Å². The number of benzene rings is 2. The van der Waals surface area contributed by atoms with Crippen LogP contribution >= 0.6 is 0 Å². The molecular formula is C29H33N5O3. The predicted molar refractivity (Wildman–Crippen MR) is 145 cm³/mol. The number of anilines is 1. The number of carbonyl (C=O) groups is 1. The van der Waals surface area contributed by atoms with Crippen molar-refractivity contribution in [3.63, 3.8) is 0 Å². The number of ether oxygens (including phenoxy) is 1. The Hall–Kier alpha value is -4.25. The van der Waals surface area contributed by atoms with E-state index >= 15 is 0 Å². The molecule has 1 aliphatic carbocycles. The summed E-state index contributed by atoms with van der Waals surface area (Å²) in [6.07, 6.45) is 7.15. The molecule has 0 unspecified atom stereocenters. The number of nitriles is 1. The van der Waals surface area contributed by atoms with E-state index < -0.39 is 0 Å². The van der Waals surface area contributed by atoms with Crippen LogP contribution in [0.2, 0.25) is 0 Å². The largest absolute Gasteiger partial charge is 0.493 e. The lowest BCUT2D eigenvalue weighted by atomic mass is 10.1. The highest BCUT2D eigenvalue weighted by Crippen LogP contribution is 2.39. The molecule has 5 rings (SSSR count). The van der Waals surface area contributed by atoms with Gasteiger partial charge in [-0.2, -0.15) is 10.4 Å². The maximum Gasteiger partial charge on any atom is 0.290 e. The van der Waals surface area contributed by atoms with E-state index in [0.29, 0.717) is 18.6 Å². The van der Waals surface area contributed by atoms with Crippen molar-refractivity contribution in [2.75, 3.05) is 11.9 Å². The zero-order valence-corrected chi connectivity index (χ0v) is 21.3. The molecule has 0 amide bonds. The molecule has 0 radical (unpaired) electrons. The summed E-state index contributed by atoms with van der Waals surface area (Å²) in [7, 11) is 0. The van der Waals surface area contributed by atoms with Gasteiger partial charge in [0.25, 0.3) is 6.47 Å². The third-order valence-electron chi connectivity index (χ3n) is 6.26. The second kappa shape index (κ2) is 12.1. The summed E-state index contributed by atoms with van der Waals surface area (Å²) in [6.45, 7) is 6.40. The molecule has 4 aromatic rings.